The maximum Gasteiger partial charge on any atom is 0.0577 e. The molecule has 0 bridgehead atoms. The van der Waals surface area contributed by atoms with Crippen LogP contribution in [-0.4, -0.2) is 11.2 Å². The van der Waals surface area contributed by atoms with E-state index < -0.39 is 0 Å². The highest BCUT2D eigenvalue weighted by molar-refractivity contribution is 5.06. The largest absolute Gasteiger partial charge is 0.393 e. The topological polar surface area (TPSA) is 20.2 Å². The highest BCUT2D eigenvalue weighted by atomic mass is 16.3. The van der Waals surface area contributed by atoms with Crippen molar-refractivity contribution in [2.75, 3.05) is 0 Å². The fourth-order valence-electron chi connectivity index (χ4n) is 2.23. The van der Waals surface area contributed by atoms with Crippen molar-refractivity contribution in [3.63, 3.8) is 0 Å². The molecule has 0 aromatic rings. The van der Waals surface area contributed by atoms with Crippen molar-refractivity contribution in [3.05, 3.63) is 11.6 Å². The first-order chi connectivity index (χ1) is 7.33. The second-order valence-electron chi connectivity index (χ2n) is 4.81. The normalized spacial score (nSPS) is 21.5. The van der Waals surface area contributed by atoms with Crippen molar-refractivity contribution < 1.29 is 5.11 Å². The number of hydrogen-bond donors (Lipinski definition) is 1. The van der Waals surface area contributed by atoms with Gasteiger partial charge in [0.25, 0.3) is 0 Å². The van der Waals surface area contributed by atoms with Gasteiger partial charge in [0.1, 0.15) is 0 Å². The minimum absolute atomic E-state index is 0.0571. The minimum Gasteiger partial charge on any atom is -0.393 e. The molecule has 0 radical (unpaired) electrons. The predicted octanol–water partition coefficient (Wildman–Crippen LogP) is 4.21. The first kappa shape index (κ1) is 12.8. The summed E-state index contributed by atoms with van der Waals surface area (Å²) in [6.07, 6.45) is 14.8. The lowest BCUT2D eigenvalue weighted by molar-refractivity contribution is 0.162. The molecule has 0 aromatic heterocycles. The smallest absolute Gasteiger partial charge is 0.0577 e. The molecule has 0 saturated heterocycles. The van der Waals surface area contributed by atoms with Crippen LogP contribution in [0.2, 0.25) is 0 Å². The summed E-state index contributed by atoms with van der Waals surface area (Å²) < 4.78 is 0. The molecular formula is C14H26O. The predicted molar refractivity (Wildman–Crippen MR) is 65.9 cm³/mol. The van der Waals surface area contributed by atoms with Gasteiger partial charge in [-0.15, -0.1) is 0 Å². The number of hydrogen-bond acceptors (Lipinski definition) is 1. The van der Waals surface area contributed by atoms with Gasteiger partial charge in [-0.05, 0) is 32.1 Å². The van der Waals surface area contributed by atoms with E-state index >= 15 is 0 Å². The number of aliphatic hydroxyl groups excluding tert-OH is 1. The molecule has 0 aliphatic heterocycles. The average molecular weight is 210 g/mol. The summed E-state index contributed by atoms with van der Waals surface area (Å²) in [6, 6.07) is 0. The van der Waals surface area contributed by atoms with E-state index in [1.54, 1.807) is 5.57 Å². The molecular weight excluding hydrogens is 184 g/mol. The standard InChI is InChI=1S/C14H26O/c1-2-3-4-5-6-7-8-13-9-11-14(15)12-10-13/h9,14-15H,2-8,10-12H2,1H3. The molecule has 1 N–H and O–H groups in total. The Morgan fingerprint density at radius 2 is 1.93 bits per heavy atom. The van der Waals surface area contributed by atoms with Crippen molar-refractivity contribution in [2.24, 2.45) is 0 Å². The van der Waals surface area contributed by atoms with E-state index in [0.717, 1.165) is 19.3 Å². The molecule has 1 rings (SSSR count). The van der Waals surface area contributed by atoms with Crippen LogP contribution in [0.4, 0.5) is 0 Å². The van der Waals surface area contributed by atoms with Gasteiger partial charge in [-0.2, -0.15) is 0 Å². The SMILES string of the molecule is CCCCCCCCC1=CCC(O)CC1. The highest BCUT2D eigenvalue weighted by Gasteiger charge is 2.10. The van der Waals surface area contributed by atoms with Crippen LogP contribution < -0.4 is 0 Å². The molecule has 0 spiro atoms. The van der Waals surface area contributed by atoms with E-state index in [4.69, 9.17) is 0 Å². The van der Waals surface area contributed by atoms with Crippen molar-refractivity contribution in [3.8, 4) is 0 Å². The third-order valence-corrected chi connectivity index (χ3v) is 3.33. The minimum atomic E-state index is -0.0571. The molecule has 0 heterocycles. The van der Waals surface area contributed by atoms with Crippen molar-refractivity contribution in [1.29, 1.82) is 0 Å². The molecule has 1 atom stereocenters. The summed E-state index contributed by atoms with van der Waals surface area (Å²) in [5.74, 6) is 0. The summed E-state index contributed by atoms with van der Waals surface area (Å²) in [7, 11) is 0. The van der Waals surface area contributed by atoms with Crippen LogP contribution in [0.1, 0.15) is 71.1 Å². The molecule has 1 heteroatoms. The fraction of sp³-hybridized carbons (Fsp3) is 0.857. The molecule has 0 fully saturated rings. The van der Waals surface area contributed by atoms with Crippen LogP contribution in [0.25, 0.3) is 0 Å². The van der Waals surface area contributed by atoms with E-state index in [2.05, 4.69) is 13.0 Å². The Hall–Kier alpha value is -0.300. The van der Waals surface area contributed by atoms with E-state index in [1.165, 1.54) is 44.9 Å². The van der Waals surface area contributed by atoms with E-state index in [1.807, 2.05) is 0 Å². The average Bonchev–Trinajstić information content (AvgIpc) is 2.26. The van der Waals surface area contributed by atoms with Crippen LogP contribution in [0.5, 0.6) is 0 Å². The van der Waals surface area contributed by atoms with Gasteiger partial charge < -0.3 is 5.11 Å². The molecule has 88 valence electrons. The van der Waals surface area contributed by atoms with Crippen LogP contribution in [0, 0.1) is 0 Å². The Balaban J connectivity index is 1.96. The Morgan fingerprint density at radius 3 is 2.60 bits per heavy atom. The second kappa shape index (κ2) is 7.92. The van der Waals surface area contributed by atoms with E-state index in [-0.39, 0.29) is 6.10 Å². The zero-order valence-electron chi connectivity index (χ0n) is 10.2. The number of rotatable bonds is 7. The van der Waals surface area contributed by atoms with Crippen molar-refractivity contribution in [2.45, 2.75) is 77.2 Å². The van der Waals surface area contributed by atoms with Gasteiger partial charge in [0, 0.05) is 0 Å². The molecule has 1 unspecified atom stereocenters. The Kier molecular flexibility index (Phi) is 6.74. The van der Waals surface area contributed by atoms with Gasteiger partial charge in [0.05, 0.1) is 6.10 Å². The number of allylic oxidation sites excluding steroid dienone is 1. The number of aliphatic hydroxyl groups is 1. The van der Waals surface area contributed by atoms with Crippen LogP contribution in [0.15, 0.2) is 11.6 Å². The molecule has 15 heavy (non-hydrogen) atoms. The molecule has 0 aromatic carbocycles. The van der Waals surface area contributed by atoms with Gasteiger partial charge in [-0.3, -0.25) is 0 Å². The van der Waals surface area contributed by atoms with Crippen LogP contribution in [-0.2, 0) is 0 Å². The summed E-state index contributed by atoms with van der Waals surface area (Å²) >= 11 is 0. The van der Waals surface area contributed by atoms with Gasteiger partial charge >= 0.3 is 0 Å². The van der Waals surface area contributed by atoms with Gasteiger partial charge in [0.2, 0.25) is 0 Å². The van der Waals surface area contributed by atoms with Crippen LogP contribution in [0.3, 0.4) is 0 Å². The Bertz CT molecular complexity index is 184. The Labute approximate surface area is 94.6 Å². The summed E-state index contributed by atoms with van der Waals surface area (Å²) in [5.41, 5.74) is 1.59. The maximum absolute atomic E-state index is 9.35. The lowest BCUT2D eigenvalue weighted by atomic mass is 9.93. The van der Waals surface area contributed by atoms with Crippen LogP contribution >= 0.6 is 0 Å². The first-order valence-corrected chi connectivity index (χ1v) is 6.69. The fourth-order valence-corrected chi connectivity index (χ4v) is 2.23. The molecule has 1 aliphatic rings. The van der Waals surface area contributed by atoms with Gasteiger partial charge in [-0.1, -0.05) is 50.7 Å². The Morgan fingerprint density at radius 1 is 1.20 bits per heavy atom. The monoisotopic (exact) mass is 210 g/mol. The number of unbranched alkanes of at least 4 members (excludes halogenated alkanes) is 5. The summed E-state index contributed by atoms with van der Waals surface area (Å²) in [5, 5.41) is 9.35. The maximum atomic E-state index is 9.35. The van der Waals surface area contributed by atoms with Gasteiger partial charge in [-0.25, -0.2) is 0 Å². The quantitative estimate of drug-likeness (QED) is 0.493. The lowest BCUT2D eigenvalue weighted by Gasteiger charge is -2.17. The molecule has 1 aliphatic carbocycles. The zero-order chi connectivity index (χ0) is 10.9. The molecule has 1 nitrogen and oxygen atoms in total. The second-order valence-corrected chi connectivity index (χ2v) is 4.81. The third kappa shape index (κ3) is 5.99. The first-order valence-electron chi connectivity index (χ1n) is 6.69. The van der Waals surface area contributed by atoms with Crippen molar-refractivity contribution >= 4 is 0 Å². The third-order valence-electron chi connectivity index (χ3n) is 3.33. The highest BCUT2D eigenvalue weighted by Crippen LogP contribution is 2.22. The van der Waals surface area contributed by atoms with E-state index in [0.29, 0.717) is 0 Å². The molecule has 0 amide bonds. The molecule has 0 saturated carbocycles. The van der Waals surface area contributed by atoms with E-state index in [9.17, 15) is 5.11 Å². The van der Waals surface area contributed by atoms with Gasteiger partial charge in [0.15, 0.2) is 0 Å². The zero-order valence-corrected chi connectivity index (χ0v) is 10.2. The van der Waals surface area contributed by atoms with Crippen molar-refractivity contribution in [1.82, 2.24) is 0 Å². The summed E-state index contributed by atoms with van der Waals surface area (Å²) in [6.45, 7) is 2.26. The summed E-state index contributed by atoms with van der Waals surface area (Å²) in [4.78, 5) is 0. The lowest BCUT2D eigenvalue weighted by Crippen LogP contribution is -2.10.